The number of rotatable bonds is 5. The largest absolute Gasteiger partial charge is 0.345 e. The number of nitrogens with zero attached hydrogens (tertiary/aromatic N) is 1. The highest BCUT2D eigenvalue weighted by Gasteiger charge is 2.32. The minimum Gasteiger partial charge on any atom is -0.345 e. The Bertz CT molecular complexity index is 874. The van der Waals surface area contributed by atoms with Crippen LogP contribution < -0.4 is 5.32 Å². The number of sulfonamides is 1. The fourth-order valence-corrected chi connectivity index (χ4v) is 6.09. The van der Waals surface area contributed by atoms with Crippen LogP contribution in [-0.2, 0) is 10.0 Å². The molecule has 0 bridgehead atoms. The second kappa shape index (κ2) is 7.57. The number of hydrogen-bond donors (Lipinski definition) is 1. The maximum absolute atomic E-state index is 12.8. The van der Waals surface area contributed by atoms with Crippen molar-refractivity contribution in [2.75, 3.05) is 13.1 Å². The molecule has 1 atom stereocenters. The van der Waals surface area contributed by atoms with Gasteiger partial charge in [-0.2, -0.15) is 4.31 Å². The summed E-state index contributed by atoms with van der Waals surface area (Å²) in [5.41, 5.74) is 0.947. The highest BCUT2D eigenvalue weighted by molar-refractivity contribution is 9.10. The van der Waals surface area contributed by atoms with Crippen molar-refractivity contribution in [2.24, 2.45) is 0 Å². The molecule has 0 aliphatic carbocycles. The zero-order valence-electron chi connectivity index (χ0n) is 13.7. The van der Waals surface area contributed by atoms with Crippen LogP contribution in [0.15, 0.2) is 45.1 Å². The summed E-state index contributed by atoms with van der Waals surface area (Å²) < 4.78 is 27.9. The molecule has 0 saturated carbocycles. The van der Waals surface area contributed by atoms with E-state index in [0.29, 0.717) is 13.1 Å². The molecule has 25 heavy (non-hydrogen) atoms. The van der Waals surface area contributed by atoms with Crippen LogP contribution in [0.4, 0.5) is 0 Å². The standard InChI is InChI=1S/C17H19BrN2O3S2/c1-12(13-5-4-6-14(18)11-13)19-17(21)16-15(7-10-24-16)25(22,23)20-8-2-3-9-20/h4-7,10-12H,2-3,8-9H2,1H3,(H,19,21). The van der Waals surface area contributed by atoms with Crippen LogP contribution in [0.25, 0.3) is 0 Å². The maximum Gasteiger partial charge on any atom is 0.263 e. The van der Waals surface area contributed by atoms with Crippen LogP contribution in [0.3, 0.4) is 0 Å². The van der Waals surface area contributed by atoms with Crippen molar-refractivity contribution < 1.29 is 13.2 Å². The lowest BCUT2D eigenvalue weighted by molar-refractivity contribution is 0.0941. The molecule has 0 radical (unpaired) electrons. The van der Waals surface area contributed by atoms with E-state index in [9.17, 15) is 13.2 Å². The molecule has 1 aromatic carbocycles. The second-order valence-corrected chi connectivity index (χ2v) is 9.71. The molecule has 1 unspecified atom stereocenters. The molecule has 8 heteroatoms. The molecule has 0 spiro atoms. The van der Waals surface area contributed by atoms with Crippen LogP contribution in [-0.4, -0.2) is 31.7 Å². The van der Waals surface area contributed by atoms with Gasteiger partial charge >= 0.3 is 0 Å². The van der Waals surface area contributed by atoms with E-state index < -0.39 is 10.0 Å². The SMILES string of the molecule is CC(NC(=O)c1sccc1S(=O)(=O)N1CCCC1)c1cccc(Br)c1. The second-order valence-electron chi connectivity index (χ2n) is 5.98. The van der Waals surface area contributed by atoms with Crippen molar-refractivity contribution in [1.82, 2.24) is 9.62 Å². The lowest BCUT2D eigenvalue weighted by atomic mass is 10.1. The molecule has 2 heterocycles. The molecule has 134 valence electrons. The first-order valence-corrected chi connectivity index (χ1v) is 11.1. The fourth-order valence-electron chi connectivity index (χ4n) is 2.86. The van der Waals surface area contributed by atoms with Gasteiger partial charge in [0, 0.05) is 17.6 Å². The molecule has 1 amide bonds. The van der Waals surface area contributed by atoms with E-state index in [1.165, 1.54) is 10.4 Å². The van der Waals surface area contributed by atoms with Gasteiger partial charge in [0.15, 0.2) is 0 Å². The minimum atomic E-state index is -3.60. The highest BCUT2D eigenvalue weighted by Crippen LogP contribution is 2.28. The van der Waals surface area contributed by atoms with Gasteiger partial charge in [0.25, 0.3) is 5.91 Å². The Kier molecular flexibility index (Phi) is 5.62. The van der Waals surface area contributed by atoms with Gasteiger partial charge in [0.05, 0.1) is 6.04 Å². The lowest BCUT2D eigenvalue weighted by Gasteiger charge is -2.17. The Morgan fingerprint density at radius 3 is 2.68 bits per heavy atom. The molecule has 2 aromatic rings. The first-order valence-electron chi connectivity index (χ1n) is 8.03. The molecule has 1 aromatic heterocycles. The number of benzene rings is 1. The minimum absolute atomic E-state index is 0.110. The Hall–Kier alpha value is -1.22. The Morgan fingerprint density at radius 1 is 1.28 bits per heavy atom. The Morgan fingerprint density at radius 2 is 2.00 bits per heavy atom. The van der Waals surface area contributed by atoms with Crippen molar-refractivity contribution in [3.05, 3.63) is 50.6 Å². The zero-order valence-corrected chi connectivity index (χ0v) is 17.0. The third-order valence-corrected chi connectivity index (χ3v) is 7.69. The van der Waals surface area contributed by atoms with E-state index in [1.54, 1.807) is 5.38 Å². The normalized spacial score (nSPS) is 16.7. The van der Waals surface area contributed by atoms with Gasteiger partial charge in [-0.25, -0.2) is 8.42 Å². The molecular weight excluding hydrogens is 424 g/mol. The van der Waals surface area contributed by atoms with Gasteiger partial charge in [-0.05, 0) is 48.9 Å². The number of carbonyl (C=O) groups is 1. The van der Waals surface area contributed by atoms with E-state index in [4.69, 9.17) is 0 Å². The van der Waals surface area contributed by atoms with Gasteiger partial charge in [0.2, 0.25) is 10.0 Å². The molecule has 1 N–H and O–H groups in total. The lowest BCUT2D eigenvalue weighted by Crippen LogP contribution is -2.31. The quantitative estimate of drug-likeness (QED) is 0.765. The van der Waals surface area contributed by atoms with E-state index >= 15 is 0 Å². The Labute approximate surface area is 160 Å². The van der Waals surface area contributed by atoms with E-state index in [2.05, 4.69) is 21.2 Å². The maximum atomic E-state index is 12.8. The van der Waals surface area contributed by atoms with Crippen LogP contribution in [0.1, 0.15) is 41.0 Å². The predicted molar refractivity (Wildman–Crippen MR) is 102 cm³/mol. The number of carbonyl (C=O) groups excluding carboxylic acids is 1. The van der Waals surface area contributed by atoms with Crippen LogP contribution >= 0.6 is 27.3 Å². The monoisotopic (exact) mass is 442 g/mol. The summed E-state index contributed by atoms with van der Waals surface area (Å²) >= 11 is 4.57. The number of halogens is 1. The van der Waals surface area contributed by atoms with Gasteiger partial charge in [-0.1, -0.05) is 28.1 Å². The summed E-state index contributed by atoms with van der Waals surface area (Å²) in [5, 5.41) is 4.55. The number of hydrogen-bond acceptors (Lipinski definition) is 4. The van der Waals surface area contributed by atoms with Gasteiger partial charge < -0.3 is 5.32 Å². The van der Waals surface area contributed by atoms with Crippen LogP contribution in [0.5, 0.6) is 0 Å². The molecule has 1 saturated heterocycles. The third kappa shape index (κ3) is 3.97. The summed E-state index contributed by atoms with van der Waals surface area (Å²) in [4.78, 5) is 13.0. The van der Waals surface area contributed by atoms with Crippen LogP contribution in [0, 0.1) is 0 Å². The van der Waals surface area contributed by atoms with Crippen molar-refractivity contribution in [2.45, 2.75) is 30.7 Å². The van der Waals surface area contributed by atoms with Crippen LogP contribution in [0.2, 0.25) is 0 Å². The third-order valence-electron chi connectivity index (χ3n) is 4.21. The van der Waals surface area contributed by atoms with Crippen molar-refractivity contribution in [1.29, 1.82) is 0 Å². The number of amides is 1. The fraction of sp³-hybridized carbons (Fsp3) is 0.353. The first-order chi connectivity index (χ1) is 11.9. The molecule has 1 aliphatic heterocycles. The van der Waals surface area contributed by atoms with E-state index in [1.807, 2.05) is 31.2 Å². The van der Waals surface area contributed by atoms with Gasteiger partial charge in [0.1, 0.15) is 9.77 Å². The smallest absolute Gasteiger partial charge is 0.263 e. The summed E-state index contributed by atoms with van der Waals surface area (Å²) in [5.74, 6) is -0.361. The predicted octanol–water partition coefficient (Wildman–Crippen LogP) is 3.79. The first kappa shape index (κ1) is 18.6. The summed E-state index contributed by atoms with van der Waals surface area (Å²) in [6.45, 7) is 2.92. The van der Waals surface area contributed by atoms with Gasteiger partial charge in [-0.15, -0.1) is 11.3 Å². The summed E-state index contributed by atoms with van der Waals surface area (Å²) in [6.07, 6.45) is 1.73. The topological polar surface area (TPSA) is 66.5 Å². The average Bonchev–Trinajstić information content (AvgIpc) is 3.26. The molecule has 1 aliphatic rings. The van der Waals surface area contributed by atoms with E-state index in [0.717, 1.165) is 34.2 Å². The number of nitrogens with one attached hydrogen (secondary N) is 1. The summed E-state index contributed by atoms with van der Waals surface area (Å²) in [6, 6.07) is 8.97. The van der Waals surface area contributed by atoms with Crippen molar-refractivity contribution in [3.63, 3.8) is 0 Å². The zero-order chi connectivity index (χ0) is 18.0. The summed E-state index contributed by atoms with van der Waals surface area (Å²) in [7, 11) is -3.60. The molecule has 1 fully saturated rings. The molecule has 5 nitrogen and oxygen atoms in total. The highest BCUT2D eigenvalue weighted by atomic mass is 79.9. The molecule has 3 rings (SSSR count). The van der Waals surface area contributed by atoms with Gasteiger partial charge in [-0.3, -0.25) is 4.79 Å². The number of thiophene rings is 1. The van der Waals surface area contributed by atoms with E-state index in [-0.39, 0.29) is 21.7 Å². The average molecular weight is 443 g/mol. The molecular formula is C17H19BrN2O3S2. The van der Waals surface area contributed by atoms with Crippen molar-refractivity contribution in [3.8, 4) is 0 Å². The Balaban J connectivity index is 1.81. The van der Waals surface area contributed by atoms with Crippen molar-refractivity contribution >= 4 is 43.2 Å².